The minimum atomic E-state index is -0.0212. The highest BCUT2D eigenvalue weighted by molar-refractivity contribution is 6.02. The Kier molecular flexibility index (Phi) is 1.07. The molecule has 0 unspecified atom stereocenters. The van der Waals surface area contributed by atoms with Gasteiger partial charge in [0, 0.05) is 17.3 Å². The average molecular weight is 176 g/mol. The maximum absolute atomic E-state index is 11.6. The molecule has 0 atom stereocenters. The van der Waals surface area contributed by atoms with Gasteiger partial charge in [0.05, 0.1) is 6.26 Å². The number of hydrogen-bond donors (Lipinski definition) is 0. The third-order valence-corrected chi connectivity index (χ3v) is 3.58. The van der Waals surface area contributed by atoms with Crippen molar-refractivity contribution in [2.75, 3.05) is 0 Å². The molecule has 2 nitrogen and oxygen atoms in total. The van der Waals surface area contributed by atoms with Crippen molar-refractivity contribution < 1.29 is 9.21 Å². The van der Waals surface area contributed by atoms with Gasteiger partial charge in [-0.3, -0.25) is 4.79 Å². The van der Waals surface area contributed by atoms with Crippen LogP contribution < -0.4 is 0 Å². The summed E-state index contributed by atoms with van der Waals surface area (Å²) < 4.78 is 5.26. The molecule has 2 bridgehead atoms. The molecular formula is C11H12O2. The molecular weight excluding hydrogens is 164 g/mol. The van der Waals surface area contributed by atoms with Crippen molar-refractivity contribution in [3.63, 3.8) is 0 Å². The quantitative estimate of drug-likeness (QED) is 0.691. The summed E-state index contributed by atoms with van der Waals surface area (Å²) in [4.78, 5) is 11.6. The smallest absolute Gasteiger partial charge is 0.145 e. The zero-order valence-electron chi connectivity index (χ0n) is 7.67. The van der Waals surface area contributed by atoms with Crippen molar-refractivity contribution in [3.05, 3.63) is 24.2 Å². The van der Waals surface area contributed by atoms with Gasteiger partial charge in [0.15, 0.2) is 0 Å². The zero-order valence-corrected chi connectivity index (χ0v) is 7.67. The summed E-state index contributed by atoms with van der Waals surface area (Å²) in [7, 11) is 0. The third-order valence-electron chi connectivity index (χ3n) is 3.58. The maximum atomic E-state index is 11.6. The Hall–Kier alpha value is -1.05. The Morgan fingerprint density at radius 2 is 2.31 bits per heavy atom. The molecule has 68 valence electrons. The molecule has 1 aromatic heterocycles. The van der Waals surface area contributed by atoms with E-state index >= 15 is 0 Å². The second kappa shape index (κ2) is 1.89. The van der Waals surface area contributed by atoms with Crippen molar-refractivity contribution in [2.24, 2.45) is 10.8 Å². The minimum absolute atomic E-state index is 0.0212. The second-order valence-electron chi connectivity index (χ2n) is 4.78. The highest BCUT2D eigenvalue weighted by atomic mass is 16.3. The first-order chi connectivity index (χ1) is 6.15. The van der Waals surface area contributed by atoms with E-state index in [1.807, 2.05) is 12.1 Å². The molecule has 0 aliphatic heterocycles. The molecule has 3 aliphatic rings. The second-order valence-corrected chi connectivity index (χ2v) is 4.78. The first-order valence-electron chi connectivity index (χ1n) is 4.72. The van der Waals surface area contributed by atoms with Crippen LogP contribution in [0.1, 0.15) is 25.5 Å². The summed E-state index contributed by atoms with van der Waals surface area (Å²) >= 11 is 0. The number of hydrogen-bond acceptors (Lipinski definition) is 2. The number of ketones is 1. The van der Waals surface area contributed by atoms with Gasteiger partial charge in [-0.15, -0.1) is 0 Å². The highest BCUT2D eigenvalue weighted by Crippen LogP contribution is 2.70. The van der Waals surface area contributed by atoms with Crippen molar-refractivity contribution in [2.45, 2.75) is 26.2 Å². The van der Waals surface area contributed by atoms with E-state index in [0.717, 1.165) is 25.0 Å². The Balaban J connectivity index is 1.80. The molecule has 0 saturated heterocycles. The van der Waals surface area contributed by atoms with Gasteiger partial charge in [-0.25, -0.2) is 0 Å². The summed E-state index contributed by atoms with van der Waals surface area (Å²) in [5.74, 6) is 1.41. The van der Waals surface area contributed by atoms with E-state index in [9.17, 15) is 4.79 Å². The number of furan rings is 1. The largest absolute Gasteiger partial charge is 0.469 e. The van der Waals surface area contributed by atoms with Crippen LogP contribution in [0.4, 0.5) is 0 Å². The van der Waals surface area contributed by atoms with Crippen LogP contribution in [0, 0.1) is 10.8 Å². The van der Waals surface area contributed by atoms with E-state index < -0.39 is 0 Å². The molecule has 0 spiro atoms. The molecule has 3 saturated carbocycles. The summed E-state index contributed by atoms with van der Waals surface area (Å²) in [6.07, 6.45) is 4.63. The summed E-state index contributed by atoms with van der Waals surface area (Å²) in [5, 5.41) is 0. The predicted octanol–water partition coefficient (Wildman–Crippen LogP) is 2.19. The van der Waals surface area contributed by atoms with Crippen LogP contribution in [0.5, 0.6) is 0 Å². The molecule has 1 heterocycles. The molecule has 3 fully saturated rings. The number of carbonyl (C=O) groups excluding carboxylic acids is 1. The predicted molar refractivity (Wildman–Crippen MR) is 47.2 cm³/mol. The van der Waals surface area contributed by atoms with E-state index in [0.29, 0.717) is 5.78 Å². The summed E-state index contributed by atoms with van der Waals surface area (Å²) in [6, 6.07) is 3.84. The lowest BCUT2D eigenvalue weighted by atomic mass is 9.34. The van der Waals surface area contributed by atoms with Crippen LogP contribution in [0.2, 0.25) is 0 Å². The first-order valence-corrected chi connectivity index (χ1v) is 4.72. The molecule has 0 aromatic carbocycles. The molecule has 0 N–H and O–H groups in total. The fraction of sp³-hybridized carbons (Fsp3) is 0.545. The van der Waals surface area contributed by atoms with Gasteiger partial charge in [-0.1, -0.05) is 6.92 Å². The summed E-state index contributed by atoms with van der Waals surface area (Å²) in [6.45, 7) is 2.07. The number of Topliss-reactive ketones (excluding diaryl/α,β-unsaturated/α-hetero) is 1. The van der Waals surface area contributed by atoms with Gasteiger partial charge >= 0.3 is 0 Å². The molecule has 1 aromatic rings. The van der Waals surface area contributed by atoms with Crippen LogP contribution in [0.15, 0.2) is 22.8 Å². The molecule has 13 heavy (non-hydrogen) atoms. The fourth-order valence-electron chi connectivity index (χ4n) is 3.14. The lowest BCUT2D eigenvalue weighted by molar-refractivity contribution is -0.197. The maximum Gasteiger partial charge on any atom is 0.145 e. The molecule has 2 heteroatoms. The average Bonchev–Trinajstić information content (AvgIpc) is 2.55. The Morgan fingerprint density at radius 3 is 2.77 bits per heavy atom. The highest BCUT2D eigenvalue weighted by Gasteiger charge is 2.73. The van der Waals surface area contributed by atoms with Gasteiger partial charge in [0.25, 0.3) is 0 Å². The normalized spacial score (nSPS) is 41.2. The summed E-state index contributed by atoms with van der Waals surface area (Å²) in [5.41, 5.74) is 0.0270. The van der Waals surface area contributed by atoms with Crippen LogP contribution in [-0.4, -0.2) is 5.78 Å². The lowest BCUT2D eigenvalue weighted by Crippen LogP contribution is -2.70. The van der Waals surface area contributed by atoms with Gasteiger partial charge in [-0.2, -0.15) is 0 Å². The van der Waals surface area contributed by atoms with Crippen molar-refractivity contribution in [1.82, 2.24) is 0 Å². The molecule has 3 aliphatic carbocycles. The fourth-order valence-corrected chi connectivity index (χ4v) is 3.14. The Morgan fingerprint density at radius 1 is 1.54 bits per heavy atom. The number of rotatable bonds is 2. The number of carbonyl (C=O) groups is 1. The minimum Gasteiger partial charge on any atom is -0.469 e. The van der Waals surface area contributed by atoms with Crippen molar-refractivity contribution in [1.29, 1.82) is 0 Å². The molecule has 4 rings (SSSR count). The van der Waals surface area contributed by atoms with Crippen molar-refractivity contribution in [3.8, 4) is 0 Å². The Labute approximate surface area is 76.9 Å². The zero-order chi connectivity index (χ0) is 9.10. The van der Waals surface area contributed by atoms with E-state index in [-0.39, 0.29) is 10.8 Å². The SMILES string of the molecule is CC12CC(Cc3ccco3)(C1)C2=O. The monoisotopic (exact) mass is 176 g/mol. The van der Waals surface area contributed by atoms with Crippen LogP contribution in [-0.2, 0) is 11.2 Å². The van der Waals surface area contributed by atoms with Gasteiger partial charge in [-0.05, 0) is 25.0 Å². The van der Waals surface area contributed by atoms with E-state index in [1.54, 1.807) is 6.26 Å². The van der Waals surface area contributed by atoms with Crippen LogP contribution >= 0.6 is 0 Å². The van der Waals surface area contributed by atoms with Gasteiger partial charge in [0.1, 0.15) is 11.5 Å². The molecule has 0 radical (unpaired) electrons. The van der Waals surface area contributed by atoms with Crippen LogP contribution in [0.25, 0.3) is 0 Å². The van der Waals surface area contributed by atoms with Crippen molar-refractivity contribution >= 4 is 5.78 Å². The molecule has 0 amide bonds. The Bertz CT molecular complexity index is 355. The van der Waals surface area contributed by atoms with Gasteiger partial charge in [0.2, 0.25) is 0 Å². The van der Waals surface area contributed by atoms with E-state index in [2.05, 4.69) is 6.92 Å². The topological polar surface area (TPSA) is 30.2 Å². The lowest BCUT2D eigenvalue weighted by Gasteiger charge is -2.67. The standard InChI is InChI=1S/C11H12O2/c1-10-6-11(7-10,9(10)12)5-8-3-2-4-13-8/h2-4H,5-7H2,1H3. The third kappa shape index (κ3) is 0.718. The van der Waals surface area contributed by atoms with Crippen LogP contribution in [0.3, 0.4) is 0 Å². The van der Waals surface area contributed by atoms with E-state index in [1.165, 1.54) is 0 Å². The first kappa shape index (κ1) is 7.36. The van der Waals surface area contributed by atoms with Gasteiger partial charge < -0.3 is 4.42 Å². The van der Waals surface area contributed by atoms with E-state index in [4.69, 9.17) is 4.42 Å².